The smallest absolute Gasteiger partial charge is 0.0593 e. The van der Waals surface area contributed by atoms with Crippen LogP contribution >= 0.6 is 24.4 Å². The van der Waals surface area contributed by atoms with E-state index in [0.29, 0.717) is 0 Å². The van der Waals surface area contributed by atoms with E-state index >= 15 is 0 Å². The largest absolute Gasteiger partial charge is 0.379 e. The molecule has 0 spiro atoms. The van der Waals surface area contributed by atoms with Crippen molar-refractivity contribution in [1.82, 2.24) is 4.90 Å². The van der Waals surface area contributed by atoms with Gasteiger partial charge in [0, 0.05) is 24.6 Å². The molecular weight excluding hydrogens is 190 g/mol. The zero-order valence-electron chi connectivity index (χ0n) is 7.95. The van der Waals surface area contributed by atoms with E-state index in [1.807, 2.05) is 11.8 Å². The molecule has 0 radical (unpaired) electrons. The quantitative estimate of drug-likeness (QED) is 0.477. The van der Waals surface area contributed by atoms with Crippen LogP contribution in [0.1, 0.15) is 0 Å². The van der Waals surface area contributed by atoms with Crippen molar-refractivity contribution in [1.29, 1.82) is 0 Å². The van der Waals surface area contributed by atoms with Crippen LogP contribution in [-0.2, 0) is 4.74 Å². The second-order valence-corrected chi connectivity index (χ2v) is 4.06. The Labute approximate surface area is 85.4 Å². The third kappa shape index (κ3) is 8.71. The lowest BCUT2D eigenvalue weighted by molar-refractivity contribution is 0.126. The van der Waals surface area contributed by atoms with Gasteiger partial charge in [0.15, 0.2) is 0 Å². The molecule has 0 aromatic carbocycles. The Morgan fingerprint density at radius 2 is 2.08 bits per heavy atom. The Hall–Kier alpha value is 0.620. The molecule has 0 aliphatic heterocycles. The van der Waals surface area contributed by atoms with Gasteiger partial charge in [-0.05, 0) is 13.3 Å². The fourth-order valence-corrected chi connectivity index (χ4v) is 1.37. The first-order chi connectivity index (χ1) is 5.81. The van der Waals surface area contributed by atoms with Crippen LogP contribution in [-0.4, -0.2) is 56.0 Å². The molecule has 0 unspecified atom stereocenters. The summed E-state index contributed by atoms with van der Waals surface area (Å²) >= 11 is 5.94. The first kappa shape index (κ1) is 12.6. The molecule has 0 aliphatic carbocycles. The number of hydrogen-bond donors (Lipinski definition) is 1. The van der Waals surface area contributed by atoms with Gasteiger partial charge in [-0.25, -0.2) is 0 Å². The maximum absolute atomic E-state index is 5.31. The van der Waals surface area contributed by atoms with Crippen LogP contribution in [0.3, 0.4) is 0 Å². The van der Waals surface area contributed by atoms with E-state index in [4.69, 9.17) is 4.74 Å². The lowest BCUT2D eigenvalue weighted by atomic mass is 10.5. The topological polar surface area (TPSA) is 12.5 Å². The summed E-state index contributed by atoms with van der Waals surface area (Å²) in [7, 11) is 2.13. The fourth-order valence-electron chi connectivity index (χ4n) is 0.746. The molecule has 0 heterocycles. The average Bonchev–Trinajstić information content (AvgIpc) is 2.09. The minimum Gasteiger partial charge on any atom is -0.379 e. The van der Waals surface area contributed by atoms with Crippen LogP contribution in [0, 0.1) is 0 Å². The number of nitrogens with zero attached hydrogens (tertiary/aromatic N) is 1. The maximum atomic E-state index is 5.31. The monoisotopic (exact) mass is 209 g/mol. The molecule has 0 saturated heterocycles. The van der Waals surface area contributed by atoms with Crippen LogP contribution in [0.25, 0.3) is 0 Å². The highest BCUT2D eigenvalue weighted by molar-refractivity contribution is 7.98. The molecule has 2 nitrogen and oxygen atoms in total. The van der Waals surface area contributed by atoms with Crippen LogP contribution in [0.5, 0.6) is 0 Å². The van der Waals surface area contributed by atoms with Crippen LogP contribution < -0.4 is 0 Å². The SMILES string of the molecule is CSCCN(C)CCOCCS. The van der Waals surface area contributed by atoms with Crippen molar-refractivity contribution in [3.05, 3.63) is 0 Å². The summed E-state index contributed by atoms with van der Waals surface area (Å²) < 4.78 is 5.31. The highest BCUT2D eigenvalue weighted by atomic mass is 32.2. The molecule has 0 aromatic rings. The average molecular weight is 209 g/mol. The van der Waals surface area contributed by atoms with Crippen molar-refractivity contribution in [2.45, 2.75) is 0 Å². The van der Waals surface area contributed by atoms with Gasteiger partial charge < -0.3 is 9.64 Å². The van der Waals surface area contributed by atoms with Crippen LogP contribution in [0.4, 0.5) is 0 Å². The molecule has 0 aromatic heterocycles. The van der Waals surface area contributed by atoms with Gasteiger partial charge in [-0.1, -0.05) is 0 Å². The standard InChI is InChI=1S/C8H19NOS2/c1-9(4-8-12-2)3-5-10-6-7-11/h11H,3-8H2,1-2H3. The van der Waals surface area contributed by atoms with E-state index in [-0.39, 0.29) is 0 Å². The first-order valence-electron chi connectivity index (χ1n) is 4.17. The minimum atomic E-state index is 0.763. The van der Waals surface area contributed by atoms with Crippen LogP contribution in [0.15, 0.2) is 0 Å². The van der Waals surface area contributed by atoms with Crippen molar-refractivity contribution in [2.24, 2.45) is 0 Å². The van der Waals surface area contributed by atoms with E-state index in [9.17, 15) is 0 Å². The highest BCUT2D eigenvalue weighted by Crippen LogP contribution is 1.92. The summed E-state index contributed by atoms with van der Waals surface area (Å²) in [6.07, 6.45) is 2.13. The van der Waals surface area contributed by atoms with Gasteiger partial charge in [-0.3, -0.25) is 0 Å². The van der Waals surface area contributed by atoms with E-state index in [2.05, 4.69) is 30.8 Å². The number of hydrogen-bond acceptors (Lipinski definition) is 4. The van der Waals surface area contributed by atoms with Gasteiger partial charge in [0.25, 0.3) is 0 Å². The molecule has 0 bridgehead atoms. The predicted molar refractivity (Wildman–Crippen MR) is 60.6 cm³/mol. The summed E-state index contributed by atoms with van der Waals surface area (Å²) in [6, 6.07) is 0. The van der Waals surface area contributed by atoms with Crippen molar-refractivity contribution in [3.63, 3.8) is 0 Å². The first-order valence-corrected chi connectivity index (χ1v) is 6.20. The third-order valence-electron chi connectivity index (χ3n) is 1.53. The molecule has 0 amide bonds. The second kappa shape index (κ2) is 9.71. The molecule has 0 aliphatic rings. The molecular formula is C8H19NOS2. The second-order valence-electron chi connectivity index (χ2n) is 2.63. The highest BCUT2D eigenvalue weighted by Gasteiger charge is 1.96. The summed E-state index contributed by atoms with van der Waals surface area (Å²) in [5.74, 6) is 2.01. The number of ether oxygens (including phenoxy) is 1. The molecule has 0 atom stereocenters. The maximum Gasteiger partial charge on any atom is 0.0593 e. The number of likely N-dealkylation sites (N-methyl/N-ethyl adjacent to an activating group) is 1. The molecule has 12 heavy (non-hydrogen) atoms. The van der Waals surface area contributed by atoms with E-state index in [0.717, 1.165) is 32.1 Å². The Bertz CT molecular complexity index is 93.1. The van der Waals surface area contributed by atoms with Gasteiger partial charge >= 0.3 is 0 Å². The summed E-state index contributed by atoms with van der Waals surface area (Å²) in [6.45, 7) is 3.75. The Morgan fingerprint density at radius 3 is 2.67 bits per heavy atom. The van der Waals surface area contributed by atoms with Gasteiger partial charge in [0.2, 0.25) is 0 Å². The lowest BCUT2D eigenvalue weighted by Gasteiger charge is -2.15. The molecule has 0 rings (SSSR count). The number of rotatable bonds is 8. The lowest BCUT2D eigenvalue weighted by Crippen LogP contribution is -2.25. The minimum absolute atomic E-state index is 0.763. The summed E-state index contributed by atoms with van der Waals surface area (Å²) in [5, 5.41) is 0. The fraction of sp³-hybridized carbons (Fsp3) is 1.00. The van der Waals surface area contributed by atoms with Crippen LogP contribution in [0.2, 0.25) is 0 Å². The Balaban J connectivity index is 3.02. The normalized spacial score (nSPS) is 11.0. The number of thioether (sulfide) groups is 1. The Kier molecular flexibility index (Phi) is 10.2. The van der Waals surface area contributed by atoms with E-state index in [1.165, 1.54) is 5.75 Å². The predicted octanol–water partition coefficient (Wildman–Crippen LogP) is 1.23. The van der Waals surface area contributed by atoms with Gasteiger partial charge in [0.05, 0.1) is 13.2 Å². The third-order valence-corrected chi connectivity index (χ3v) is 2.30. The molecule has 74 valence electrons. The van der Waals surface area contributed by atoms with Crippen molar-refractivity contribution in [2.75, 3.05) is 51.1 Å². The summed E-state index contributed by atoms with van der Waals surface area (Å²) in [4.78, 5) is 2.29. The zero-order chi connectivity index (χ0) is 9.23. The molecule has 0 saturated carbocycles. The van der Waals surface area contributed by atoms with Crippen molar-refractivity contribution < 1.29 is 4.74 Å². The van der Waals surface area contributed by atoms with Gasteiger partial charge in [-0.2, -0.15) is 24.4 Å². The zero-order valence-corrected chi connectivity index (χ0v) is 9.66. The Morgan fingerprint density at radius 1 is 1.33 bits per heavy atom. The van der Waals surface area contributed by atoms with E-state index < -0.39 is 0 Å². The van der Waals surface area contributed by atoms with Gasteiger partial charge in [-0.15, -0.1) is 0 Å². The molecule has 4 heteroatoms. The van der Waals surface area contributed by atoms with Crippen molar-refractivity contribution >= 4 is 24.4 Å². The van der Waals surface area contributed by atoms with E-state index in [1.54, 1.807) is 0 Å². The molecule has 0 N–H and O–H groups in total. The summed E-state index contributed by atoms with van der Waals surface area (Å²) in [5.41, 5.74) is 0. The number of thiol groups is 1. The molecule has 0 fully saturated rings. The van der Waals surface area contributed by atoms with Crippen molar-refractivity contribution in [3.8, 4) is 0 Å². The van der Waals surface area contributed by atoms with Gasteiger partial charge in [0.1, 0.15) is 0 Å².